The first-order valence-electron chi connectivity index (χ1n) is 11.0. The lowest BCUT2D eigenvalue weighted by atomic mass is 9.84. The van der Waals surface area contributed by atoms with Crippen LogP contribution >= 0.6 is 23.6 Å². The summed E-state index contributed by atoms with van der Waals surface area (Å²) in [6, 6.07) is 11.3. The van der Waals surface area contributed by atoms with Gasteiger partial charge < -0.3 is 10.6 Å². The van der Waals surface area contributed by atoms with Gasteiger partial charge in [0.05, 0.1) is 4.90 Å². The van der Waals surface area contributed by atoms with Gasteiger partial charge in [-0.1, -0.05) is 38.5 Å². The van der Waals surface area contributed by atoms with Crippen LogP contribution in [0.1, 0.15) is 46.0 Å². The minimum Gasteiger partial charge on any atom is -0.332 e. The van der Waals surface area contributed by atoms with Gasteiger partial charge in [0.2, 0.25) is 10.0 Å². The average Bonchev–Trinajstić information content (AvgIpc) is 3.24. The Morgan fingerprint density at radius 2 is 1.97 bits per heavy atom. The van der Waals surface area contributed by atoms with Crippen LogP contribution in [0.3, 0.4) is 0 Å². The molecule has 2 aromatic carbocycles. The minimum atomic E-state index is -3.53. The second-order valence-corrected chi connectivity index (χ2v) is 11.7. The highest BCUT2D eigenvalue weighted by Crippen LogP contribution is 2.37. The molecule has 9 heteroatoms. The van der Waals surface area contributed by atoms with E-state index in [-0.39, 0.29) is 13.5 Å². The number of anilines is 2. The molecule has 33 heavy (non-hydrogen) atoms. The lowest BCUT2D eigenvalue weighted by molar-refractivity contribution is 0.238. The molecule has 5 rings (SSSR count). The topological polar surface area (TPSA) is 74.3 Å². The Balaban J connectivity index is 0.00000259. The highest BCUT2D eigenvalue weighted by molar-refractivity contribution is 7.89. The van der Waals surface area contributed by atoms with Crippen molar-refractivity contribution in [2.75, 3.05) is 17.2 Å². The lowest BCUT2D eigenvalue weighted by Crippen LogP contribution is -2.41. The number of nitrogens with zero attached hydrogens (tertiary/aromatic N) is 2. The van der Waals surface area contributed by atoms with E-state index >= 15 is 0 Å². The summed E-state index contributed by atoms with van der Waals surface area (Å²) in [6.07, 6.45) is 8.16. The molecule has 0 spiro atoms. The summed E-state index contributed by atoms with van der Waals surface area (Å²) in [5, 5.41) is 11.1. The van der Waals surface area contributed by atoms with E-state index in [1.165, 1.54) is 17.8 Å². The fourth-order valence-corrected chi connectivity index (χ4v) is 7.57. The molecule has 2 aliphatic rings. The van der Waals surface area contributed by atoms with Crippen LogP contribution in [0.5, 0.6) is 0 Å². The summed E-state index contributed by atoms with van der Waals surface area (Å²) < 4.78 is 29.0. The van der Waals surface area contributed by atoms with Crippen molar-refractivity contribution in [3.05, 3.63) is 48.0 Å². The van der Waals surface area contributed by atoms with Crippen molar-refractivity contribution in [2.45, 2.75) is 56.9 Å². The molecule has 2 heterocycles. The third-order valence-electron chi connectivity index (χ3n) is 6.51. The molecule has 0 radical (unpaired) electrons. The lowest BCUT2D eigenvalue weighted by Gasteiger charge is -2.33. The van der Waals surface area contributed by atoms with Crippen LogP contribution in [-0.4, -0.2) is 35.4 Å². The summed E-state index contributed by atoms with van der Waals surface area (Å²) in [4.78, 5) is 4.55. The maximum Gasteiger partial charge on any atom is 0.243 e. The van der Waals surface area contributed by atoms with Gasteiger partial charge in [-0.15, -0.1) is 11.3 Å². The van der Waals surface area contributed by atoms with Crippen LogP contribution in [0.15, 0.2) is 52.9 Å². The summed E-state index contributed by atoms with van der Waals surface area (Å²) in [7, 11) is -3.53. The van der Waals surface area contributed by atoms with Gasteiger partial charge in [-0.3, -0.25) is 0 Å². The van der Waals surface area contributed by atoms with E-state index in [9.17, 15) is 8.42 Å². The number of aromatic nitrogens is 1. The second kappa shape index (κ2) is 10.0. The van der Waals surface area contributed by atoms with E-state index < -0.39 is 10.0 Å². The van der Waals surface area contributed by atoms with Gasteiger partial charge >= 0.3 is 0 Å². The van der Waals surface area contributed by atoms with Gasteiger partial charge in [0, 0.05) is 35.2 Å². The summed E-state index contributed by atoms with van der Waals surface area (Å²) in [6.45, 7) is 0.625. The Morgan fingerprint density at radius 1 is 1.12 bits per heavy atom. The van der Waals surface area contributed by atoms with Crippen LogP contribution in [-0.2, 0) is 10.0 Å². The van der Waals surface area contributed by atoms with Gasteiger partial charge in [-0.25, -0.2) is 13.4 Å². The van der Waals surface area contributed by atoms with E-state index in [4.69, 9.17) is 12.2 Å². The molecule has 2 N–H and O–H groups in total. The number of hydrogen-bond donors (Lipinski definition) is 2. The van der Waals surface area contributed by atoms with Crippen molar-refractivity contribution in [1.82, 2.24) is 9.29 Å². The van der Waals surface area contributed by atoms with Crippen molar-refractivity contribution in [1.29, 1.82) is 0 Å². The number of fused-ring (bicyclic) bond motifs is 3. The van der Waals surface area contributed by atoms with E-state index in [0.29, 0.717) is 22.5 Å². The summed E-state index contributed by atoms with van der Waals surface area (Å²) in [5.41, 5.74) is 0.824. The number of nitrogens with one attached hydrogen (secondary N) is 2. The van der Waals surface area contributed by atoms with E-state index in [2.05, 4.69) is 15.6 Å². The molecular formula is C24H30N4O2S3. The molecule has 6 nitrogen and oxygen atoms in total. The predicted octanol–water partition coefficient (Wildman–Crippen LogP) is 6.08. The zero-order valence-corrected chi connectivity index (χ0v) is 20.1. The van der Waals surface area contributed by atoms with Crippen LogP contribution in [0.2, 0.25) is 0 Å². The molecule has 2 unspecified atom stereocenters. The Bertz CT molecular complexity index is 1230. The largest absolute Gasteiger partial charge is 0.332 e. The molecule has 2 atom stereocenters. The van der Waals surface area contributed by atoms with Crippen molar-refractivity contribution in [2.24, 2.45) is 5.92 Å². The number of rotatable bonds is 4. The molecular weight excluding hydrogens is 472 g/mol. The zero-order valence-electron chi connectivity index (χ0n) is 17.7. The molecule has 1 saturated carbocycles. The van der Waals surface area contributed by atoms with E-state index in [1.807, 2.05) is 29.6 Å². The second-order valence-electron chi connectivity index (χ2n) is 8.55. The van der Waals surface area contributed by atoms with Crippen molar-refractivity contribution < 1.29 is 8.42 Å². The molecule has 2 bridgehead atoms. The Morgan fingerprint density at radius 3 is 2.79 bits per heavy atom. The third-order valence-corrected chi connectivity index (χ3v) is 9.35. The molecule has 3 aromatic rings. The molecule has 2 fully saturated rings. The third kappa shape index (κ3) is 5.06. The quantitative estimate of drug-likeness (QED) is 0.421. The van der Waals surface area contributed by atoms with Crippen molar-refractivity contribution in [3.63, 3.8) is 0 Å². The molecule has 1 saturated heterocycles. The van der Waals surface area contributed by atoms with Crippen molar-refractivity contribution in [3.8, 4) is 0 Å². The number of thiazole rings is 1. The smallest absolute Gasteiger partial charge is 0.243 e. The monoisotopic (exact) mass is 502 g/mol. The number of sulfonamides is 1. The number of hydrogen-bond acceptors (Lipinski definition) is 5. The van der Waals surface area contributed by atoms with Crippen LogP contribution in [0, 0.1) is 5.92 Å². The standard InChI is InChI=1S/C23H26N4O2S3.CH4/c28-32(29,27-12-3-5-16-4-1-7-18(27)14-16)19-9-10-20-17(15-19)6-2-8-21(20)25-22(30)26-23-24-11-13-31-23;/h2,6,8-11,13,15-16,18H,1,3-5,7,12,14H2,(H2,24,25,26,30);1H4. The van der Waals surface area contributed by atoms with Crippen molar-refractivity contribution >= 4 is 60.3 Å². The summed E-state index contributed by atoms with van der Waals surface area (Å²) >= 11 is 6.88. The Labute approximate surface area is 205 Å². The van der Waals surface area contributed by atoms with Gasteiger partial charge in [0.1, 0.15) is 0 Å². The maximum absolute atomic E-state index is 13.6. The van der Waals surface area contributed by atoms with Crippen LogP contribution in [0.25, 0.3) is 10.8 Å². The first-order valence-corrected chi connectivity index (χ1v) is 13.8. The molecule has 176 valence electrons. The van der Waals surface area contributed by atoms with E-state index in [1.54, 1.807) is 22.6 Å². The number of thiocarbonyl (C=S) groups is 1. The van der Waals surface area contributed by atoms with Crippen LogP contribution in [0.4, 0.5) is 10.8 Å². The number of benzene rings is 2. The maximum atomic E-state index is 13.6. The SMILES string of the molecule is C.O=S(=O)(c1ccc2c(NC(=S)Nc3nccs3)cccc2c1)N1CCCC2CCCC1C2. The van der Waals surface area contributed by atoms with Gasteiger partial charge in [0.25, 0.3) is 0 Å². The molecule has 1 aliphatic heterocycles. The fourth-order valence-electron chi connectivity index (χ4n) is 5.02. The molecule has 1 aromatic heterocycles. The molecule has 0 amide bonds. The zero-order chi connectivity index (χ0) is 22.1. The summed E-state index contributed by atoms with van der Waals surface area (Å²) in [5.74, 6) is 0.681. The average molecular weight is 503 g/mol. The normalized spacial score (nSPS) is 21.1. The Hall–Kier alpha value is -2.07. The first-order chi connectivity index (χ1) is 15.5. The first kappa shape index (κ1) is 24.1. The van der Waals surface area contributed by atoms with Crippen LogP contribution < -0.4 is 10.6 Å². The van der Waals surface area contributed by atoms with Gasteiger partial charge in [0.15, 0.2) is 10.2 Å². The van der Waals surface area contributed by atoms with Gasteiger partial charge in [-0.05, 0) is 67.4 Å². The highest BCUT2D eigenvalue weighted by Gasteiger charge is 2.36. The highest BCUT2D eigenvalue weighted by atomic mass is 32.2. The van der Waals surface area contributed by atoms with E-state index in [0.717, 1.165) is 53.7 Å². The Kier molecular flexibility index (Phi) is 7.33. The van der Waals surface area contributed by atoms with Gasteiger partial charge in [-0.2, -0.15) is 4.31 Å². The minimum absolute atomic E-state index is 0. The fraction of sp³-hybridized carbons (Fsp3) is 0.417. The molecule has 1 aliphatic carbocycles. The predicted molar refractivity (Wildman–Crippen MR) is 142 cm³/mol.